The Morgan fingerprint density at radius 3 is 2.71 bits per heavy atom. The number of hydrogen-bond acceptors (Lipinski definition) is 4. The second kappa shape index (κ2) is 7.06. The molecule has 0 aliphatic carbocycles. The van der Waals surface area contributed by atoms with Gasteiger partial charge in [0.05, 0.1) is 5.70 Å². The summed E-state index contributed by atoms with van der Waals surface area (Å²) in [5.41, 5.74) is 4.16. The number of anilines is 1. The maximum Gasteiger partial charge on any atom is 0.226 e. The highest BCUT2D eigenvalue weighted by molar-refractivity contribution is 9.10. The minimum atomic E-state index is -0.507. The number of ether oxygens (including phenoxy) is 1. The number of benzene rings is 3. The lowest BCUT2D eigenvalue weighted by molar-refractivity contribution is 0.222. The van der Waals surface area contributed by atoms with Crippen molar-refractivity contribution in [2.45, 2.75) is 12.1 Å². The summed E-state index contributed by atoms with van der Waals surface area (Å²) < 4.78 is 24.3. The molecule has 0 saturated carbocycles. The number of hydrogen-bond donors (Lipinski definition) is 1. The number of halogens is 2. The molecule has 31 heavy (non-hydrogen) atoms. The van der Waals surface area contributed by atoms with Crippen molar-refractivity contribution in [2.24, 2.45) is 0 Å². The molecule has 0 unspecified atom stereocenters. The smallest absolute Gasteiger partial charge is 0.226 e. The summed E-state index contributed by atoms with van der Waals surface area (Å²) in [5.74, 6) is 1.03. The van der Waals surface area contributed by atoms with E-state index in [9.17, 15) is 0 Å². The Morgan fingerprint density at radius 2 is 1.84 bits per heavy atom. The SMILES string of the molecule is Fc1ccccc1[C@@H]1C2=C(Nc3ncnn31)c1ccccc1O[C@H]2c1cccc(Br)c1. The largest absolute Gasteiger partial charge is 0.480 e. The Bertz CT molecular complexity index is 1350. The zero-order valence-corrected chi connectivity index (χ0v) is 17.8. The van der Waals surface area contributed by atoms with Crippen LogP contribution in [0.4, 0.5) is 10.3 Å². The van der Waals surface area contributed by atoms with E-state index in [1.165, 1.54) is 12.4 Å². The van der Waals surface area contributed by atoms with Crippen LogP contribution in [-0.2, 0) is 0 Å². The predicted molar refractivity (Wildman–Crippen MR) is 119 cm³/mol. The summed E-state index contributed by atoms with van der Waals surface area (Å²) in [6.07, 6.45) is 1.05. The molecule has 0 fully saturated rings. The van der Waals surface area contributed by atoms with Crippen LogP contribution >= 0.6 is 15.9 Å². The number of nitrogens with one attached hydrogen (secondary N) is 1. The Hall–Kier alpha value is -3.45. The first-order chi connectivity index (χ1) is 15.2. The van der Waals surface area contributed by atoms with Gasteiger partial charge in [0.2, 0.25) is 5.95 Å². The molecule has 1 aromatic heterocycles. The van der Waals surface area contributed by atoms with Crippen molar-refractivity contribution in [1.82, 2.24) is 14.8 Å². The average Bonchev–Trinajstić information content (AvgIpc) is 3.26. The van der Waals surface area contributed by atoms with Crippen LogP contribution in [0.2, 0.25) is 0 Å². The third kappa shape index (κ3) is 2.88. The standard InChI is InChI=1S/C24H16BrFN4O/c25-15-7-5-6-14(12-15)23-20-21(17-9-2-4-11-19(17)31-23)29-24-27-13-28-30(24)22(20)16-8-1-3-10-18(16)26/h1-13,22-23H,(H,27,28,29)/t22-,23+/m1/s1. The first-order valence-corrected chi connectivity index (χ1v) is 10.7. The van der Waals surface area contributed by atoms with Crippen molar-refractivity contribution in [3.63, 3.8) is 0 Å². The summed E-state index contributed by atoms with van der Waals surface area (Å²) in [5, 5.41) is 7.85. The fraction of sp³-hybridized carbons (Fsp3) is 0.0833. The van der Waals surface area contributed by atoms with Gasteiger partial charge in [-0.1, -0.05) is 58.4 Å². The van der Waals surface area contributed by atoms with Gasteiger partial charge >= 0.3 is 0 Å². The number of aromatic nitrogens is 3. The molecule has 3 heterocycles. The van der Waals surface area contributed by atoms with Gasteiger partial charge in [0.1, 0.15) is 30.0 Å². The van der Waals surface area contributed by atoms with Crippen molar-refractivity contribution in [1.29, 1.82) is 0 Å². The molecule has 0 spiro atoms. The van der Waals surface area contributed by atoms with Crippen LogP contribution in [0.3, 0.4) is 0 Å². The molecule has 2 atom stereocenters. The topological polar surface area (TPSA) is 52.0 Å². The second-order valence-corrected chi connectivity index (χ2v) is 8.37. The van der Waals surface area contributed by atoms with Gasteiger partial charge in [-0.05, 0) is 35.9 Å². The molecule has 0 bridgehead atoms. The Kier molecular flexibility index (Phi) is 4.17. The number of para-hydroxylation sites is 1. The van der Waals surface area contributed by atoms with Crippen LogP contribution in [0.5, 0.6) is 5.75 Å². The van der Waals surface area contributed by atoms with Crippen LogP contribution in [-0.4, -0.2) is 14.8 Å². The van der Waals surface area contributed by atoms with E-state index in [0.29, 0.717) is 11.5 Å². The first-order valence-electron chi connectivity index (χ1n) is 9.87. The van der Waals surface area contributed by atoms with E-state index >= 15 is 4.39 Å². The highest BCUT2D eigenvalue weighted by Crippen LogP contribution is 2.50. The molecule has 0 amide bonds. The van der Waals surface area contributed by atoms with E-state index < -0.39 is 12.1 Å². The molecule has 3 aromatic carbocycles. The number of fused-ring (bicyclic) bond motifs is 3. The highest BCUT2D eigenvalue weighted by Gasteiger charge is 2.41. The van der Waals surface area contributed by atoms with Crippen molar-refractivity contribution in [3.8, 4) is 5.75 Å². The molecular weight excluding hydrogens is 459 g/mol. The molecule has 5 nitrogen and oxygen atoms in total. The lowest BCUT2D eigenvalue weighted by Crippen LogP contribution is -2.32. The van der Waals surface area contributed by atoms with Gasteiger partial charge < -0.3 is 10.1 Å². The minimum Gasteiger partial charge on any atom is -0.480 e. The van der Waals surface area contributed by atoms with Gasteiger partial charge in [0.25, 0.3) is 0 Å². The molecular formula is C24H16BrFN4O. The van der Waals surface area contributed by atoms with E-state index in [1.807, 2.05) is 54.6 Å². The zero-order valence-electron chi connectivity index (χ0n) is 16.2. The van der Waals surface area contributed by atoms with Crippen molar-refractivity contribution in [2.75, 3.05) is 5.32 Å². The van der Waals surface area contributed by atoms with Gasteiger partial charge in [-0.15, -0.1) is 0 Å². The van der Waals surface area contributed by atoms with Gasteiger partial charge in [0, 0.05) is 21.2 Å². The third-order valence-electron chi connectivity index (χ3n) is 5.67. The number of rotatable bonds is 2. The molecule has 4 aromatic rings. The van der Waals surface area contributed by atoms with Crippen LogP contribution in [0.1, 0.15) is 28.8 Å². The molecule has 7 heteroatoms. The molecule has 2 aliphatic heterocycles. The Labute approximate surface area is 186 Å². The summed E-state index contributed by atoms with van der Waals surface area (Å²) in [6.45, 7) is 0. The summed E-state index contributed by atoms with van der Waals surface area (Å²) >= 11 is 3.56. The summed E-state index contributed by atoms with van der Waals surface area (Å²) in [6, 6.07) is 22.1. The van der Waals surface area contributed by atoms with Crippen molar-refractivity contribution >= 4 is 27.6 Å². The predicted octanol–water partition coefficient (Wildman–Crippen LogP) is 5.74. The van der Waals surface area contributed by atoms with Crippen LogP contribution in [0.25, 0.3) is 5.70 Å². The Morgan fingerprint density at radius 1 is 1.00 bits per heavy atom. The van der Waals surface area contributed by atoms with Gasteiger partial charge in [-0.2, -0.15) is 10.1 Å². The quantitative estimate of drug-likeness (QED) is 0.402. The van der Waals surface area contributed by atoms with Gasteiger partial charge in [0.15, 0.2) is 0 Å². The monoisotopic (exact) mass is 474 g/mol. The summed E-state index contributed by atoms with van der Waals surface area (Å²) in [4.78, 5) is 4.37. The number of nitrogens with zero attached hydrogens (tertiary/aromatic N) is 3. The minimum absolute atomic E-state index is 0.297. The maximum atomic E-state index is 15.1. The lowest BCUT2D eigenvalue weighted by Gasteiger charge is -2.39. The van der Waals surface area contributed by atoms with Crippen molar-refractivity contribution < 1.29 is 9.13 Å². The fourth-order valence-electron chi connectivity index (χ4n) is 4.36. The van der Waals surface area contributed by atoms with E-state index in [1.54, 1.807) is 16.8 Å². The first kappa shape index (κ1) is 18.3. The molecule has 152 valence electrons. The van der Waals surface area contributed by atoms with E-state index in [2.05, 4.69) is 31.3 Å². The van der Waals surface area contributed by atoms with E-state index in [-0.39, 0.29) is 5.82 Å². The molecule has 6 rings (SSSR count). The van der Waals surface area contributed by atoms with Crippen LogP contribution < -0.4 is 10.1 Å². The Balaban J connectivity index is 1.66. The van der Waals surface area contributed by atoms with E-state index in [0.717, 1.165) is 32.6 Å². The van der Waals surface area contributed by atoms with Crippen LogP contribution in [0.15, 0.2) is 89.2 Å². The second-order valence-electron chi connectivity index (χ2n) is 7.46. The van der Waals surface area contributed by atoms with Crippen molar-refractivity contribution in [3.05, 3.63) is 112 Å². The maximum absolute atomic E-state index is 15.1. The van der Waals surface area contributed by atoms with Gasteiger partial charge in [-0.25, -0.2) is 9.07 Å². The van der Waals surface area contributed by atoms with E-state index in [4.69, 9.17) is 4.74 Å². The highest BCUT2D eigenvalue weighted by atomic mass is 79.9. The molecule has 2 aliphatic rings. The average molecular weight is 475 g/mol. The molecule has 1 N–H and O–H groups in total. The third-order valence-corrected chi connectivity index (χ3v) is 6.17. The fourth-order valence-corrected chi connectivity index (χ4v) is 4.77. The lowest BCUT2D eigenvalue weighted by atomic mass is 9.84. The van der Waals surface area contributed by atoms with Gasteiger partial charge in [-0.3, -0.25) is 0 Å². The zero-order chi connectivity index (χ0) is 20.9. The van der Waals surface area contributed by atoms with Crippen LogP contribution in [0, 0.1) is 5.82 Å². The summed E-state index contributed by atoms with van der Waals surface area (Å²) in [7, 11) is 0. The normalized spacial score (nSPS) is 19.0. The molecule has 0 saturated heterocycles. The molecule has 0 radical (unpaired) electrons.